The van der Waals surface area contributed by atoms with Gasteiger partial charge in [0.05, 0.1) is 6.54 Å². The number of piperidine rings is 1. The first-order chi connectivity index (χ1) is 12.3. The van der Waals surface area contributed by atoms with E-state index < -0.39 is 0 Å². The van der Waals surface area contributed by atoms with Crippen LogP contribution in [0.2, 0.25) is 0 Å². The average molecular weight is 335 g/mol. The lowest BCUT2D eigenvalue weighted by Gasteiger charge is -2.33. The summed E-state index contributed by atoms with van der Waals surface area (Å²) >= 11 is 0. The van der Waals surface area contributed by atoms with Gasteiger partial charge in [-0.25, -0.2) is 15.0 Å². The van der Waals surface area contributed by atoms with Crippen molar-refractivity contribution < 1.29 is 0 Å². The Kier molecular flexibility index (Phi) is 4.28. The normalized spacial score (nSPS) is 17.6. The lowest BCUT2D eigenvalue weighted by Crippen LogP contribution is -2.36. The van der Waals surface area contributed by atoms with Crippen molar-refractivity contribution >= 4 is 11.6 Å². The highest BCUT2D eigenvalue weighted by Crippen LogP contribution is 2.29. The van der Waals surface area contributed by atoms with Crippen LogP contribution in [0.4, 0.5) is 11.6 Å². The Labute approximate surface area is 146 Å². The second-order valence-electron chi connectivity index (χ2n) is 6.36. The number of imidazole rings is 1. The van der Waals surface area contributed by atoms with Crippen LogP contribution in [0.15, 0.2) is 49.3 Å². The number of nitrogens with zero attached hydrogens (tertiary/aromatic N) is 6. The van der Waals surface area contributed by atoms with Gasteiger partial charge in [0.2, 0.25) is 0 Å². The Morgan fingerprint density at radius 2 is 2.16 bits per heavy atom. The van der Waals surface area contributed by atoms with E-state index in [1.54, 1.807) is 6.20 Å². The molecule has 25 heavy (non-hydrogen) atoms. The molecule has 0 bridgehead atoms. The summed E-state index contributed by atoms with van der Waals surface area (Å²) in [5.41, 5.74) is 6.98. The fraction of sp³-hybridized carbons (Fsp3) is 0.333. The monoisotopic (exact) mass is 335 g/mol. The van der Waals surface area contributed by atoms with Gasteiger partial charge in [-0.2, -0.15) is 0 Å². The number of pyridine rings is 1. The van der Waals surface area contributed by atoms with E-state index >= 15 is 0 Å². The molecule has 0 radical (unpaired) electrons. The zero-order chi connectivity index (χ0) is 17.1. The Bertz CT molecular complexity index is 830. The van der Waals surface area contributed by atoms with Gasteiger partial charge in [0.15, 0.2) is 0 Å². The van der Waals surface area contributed by atoms with Gasteiger partial charge in [0, 0.05) is 49.9 Å². The molecule has 2 N–H and O–H groups in total. The standard InChI is InChI=1S/C18H21N7/c19-16-9-17(23-13-22-16)24-7-2-4-15(12-24)18-21-6-8-25(18)11-14-3-1-5-20-10-14/h1,3,5-6,8-10,13,15H,2,4,7,11-12H2,(H2,19,22,23)/t15-/m1/s1. The van der Waals surface area contributed by atoms with Crippen LogP contribution in [0.25, 0.3) is 0 Å². The molecule has 0 unspecified atom stereocenters. The molecule has 4 heterocycles. The van der Waals surface area contributed by atoms with Gasteiger partial charge < -0.3 is 15.2 Å². The molecule has 4 rings (SSSR count). The summed E-state index contributed by atoms with van der Waals surface area (Å²) in [6.07, 6.45) is 11.4. The maximum atomic E-state index is 5.80. The molecule has 0 aliphatic carbocycles. The van der Waals surface area contributed by atoms with E-state index in [0.717, 1.165) is 44.1 Å². The number of anilines is 2. The van der Waals surface area contributed by atoms with Crippen molar-refractivity contribution in [2.75, 3.05) is 23.7 Å². The fourth-order valence-corrected chi connectivity index (χ4v) is 3.43. The second-order valence-corrected chi connectivity index (χ2v) is 6.36. The van der Waals surface area contributed by atoms with Gasteiger partial charge >= 0.3 is 0 Å². The third kappa shape index (κ3) is 3.45. The molecule has 7 nitrogen and oxygen atoms in total. The molecule has 7 heteroatoms. The number of nitrogens with two attached hydrogens (primary N) is 1. The molecule has 128 valence electrons. The molecule has 0 amide bonds. The zero-order valence-electron chi connectivity index (χ0n) is 14.0. The Balaban J connectivity index is 1.53. The van der Waals surface area contributed by atoms with Crippen molar-refractivity contribution in [3.05, 3.63) is 60.7 Å². The van der Waals surface area contributed by atoms with E-state index in [1.165, 1.54) is 11.9 Å². The smallest absolute Gasteiger partial charge is 0.134 e. The first kappa shape index (κ1) is 15.6. The van der Waals surface area contributed by atoms with Crippen LogP contribution in [0.3, 0.4) is 0 Å². The predicted molar refractivity (Wildman–Crippen MR) is 96.2 cm³/mol. The molecule has 1 aliphatic rings. The summed E-state index contributed by atoms with van der Waals surface area (Å²) in [7, 11) is 0. The van der Waals surface area contributed by atoms with E-state index in [1.807, 2.05) is 30.7 Å². The Morgan fingerprint density at radius 1 is 1.20 bits per heavy atom. The van der Waals surface area contributed by atoms with E-state index in [9.17, 15) is 0 Å². The molecular formula is C18H21N7. The van der Waals surface area contributed by atoms with E-state index in [0.29, 0.717) is 11.7 Å². The first-order valence-electron chi connectivity index (χ1n) is 8.52. The van der Waals surface area contributed by atoms with Crippen LogP contribution in [0, 0.1) is 0 Å². The SMILES string of the molecule is Nc1cc(N2CCC[C@@H](c3nccn3Cc3cccnc3)C2)ncn1. The second kappa shape index (κ2) is 6.88. The molecular weight excluding hydrogens is 314 g/mol. The van der Waals surface area contributed by atoms with E-state index in [2.05, 4.69) is 35.5 Å². The third-order valence-corrected chi connectivity index (χ3v) is 4.61. The minimum atomic E-state index is 0.372. The lowest BCUT2D eigenvalue weighted by molar-refractivity contribution is 0.474. The number of rotatable bonds is 4. The maximum absolute atomic E-state index is 5.80. The van der Waals surface area contributed by atoms with Crippen molar-refractivity contribution in [1.29, 1.82) is 0 Å². The number of aromatic nitrogens is 5. The highest BCUT2D eigenvalue weighted by atomic mass is 15.2. The summed E-state index contributed by atoms with van der Waals surface area (Å²) < 4.78 is 2.22. The van der Waals surface area contributed by atoms with Gasteiger partial charge in [0.1, 0.15) is 23.8 Å². The number of hydrogen-bond donors (Lipinski definition) is 1. The maximum Gasteiger partial charge on any atom is 0.134 e. The third-order valence-electron chi connectivity index (χ3n) is 4.61. The van der Waals surface area contributed by atoms with Crippen LogP contribution >= 0.6 is 0 Å². The first-order valence-corrected chi connectivity index (χ1v) is 8.52. The Hall–Kier alpha value is -2.96. The van der Waals surface area contributed by atoms with E-state index in [-0.39, 0.29) is 0 Å². The predicted octanol–water partition coefficient (Wildman–Crippen LogP) is 2.08. The number of nitrogen functional groups attached to an aromatic ring is 1. The summed E-state index contributed by atoms with van der Waals surface area (Å²) in [6, 6.07) is 5.89. The summed E-state index contributed by atoms with van der Waals surface area (Å²) in [5.74, 6) is 2.89. The van der Waals surface area contributed by atoms with Crippen molar-refractivity contribution in [3.8, 4) is 0 Å². The molecule has 1 fully saturated rings. The van der Waals surface area contributed by atoms with Crippen LogP contribution in [0.1, 0.15) is 30.1 Å². The van der Waals surface area contributed by atoms with Crippen LogP contribution in [-0.2, 0) is 6.54 Å². The minimum Gasteiger partial charge on any atom is -0.384 e. The summed E-state index contributed by atoms with van der Waals surface area (Å²) in [4.78, 5) is 19.5. The quantitative estimate of drug-likeness (QED) is 0.786. The molecule has 0 aromatic carbocycles. The summed E-state index contributed by atoms with van der Waals surface area (Å²) in [6.45, 7) is 2.66. The Morgan fingerprint density at radius 3 is 3.00 bits per heavy atom. The number of hydrogen-bond acceptors (Lipinski definition) is 6. The van der Waals surface area contributed by atoms with Gasteiger partial charge in [-0.3, -0.25) is 4.98 Å². The molecule has 3 aromatic heterocycles. The van der Waals surface area contributed by atoms with Crippen molar-refractivity contribution in [2.24, 2.45) is 0 Å². The highest BCUT2D eigenvalue weighted by molar-refractivity contribution is 5.46. The van der Waals surface area contributed by atoms with E-state index in [4.69, 9.17) is 5.73 Å². The molecule has 0 spiro atoms. The van der Waals surface area contributed by atoms with Gasteiger partial charge in [0.25, 0.3) is 0 Å². The van der Waals surface area contributed by atoms with Crippen LogP contribution in [-0.4, -0.2) is 37.6 Å². The molecule has 0 saturated carbocycles. The fourth-order valence-electron chi connectivity index (χ4n) is 3.43. The minimum absolute atomic E-state index is 0.372. The molecule has 1 saturated heterocycles. The lowest BCUT2D eigenvalue weighted by atomic mass is 9.97. The van der Waals surface area contributed by atoms with Gasteiger partial charge in [-0.05, 0) is 24.5 Å². The van der Waals surface area contributed by atoms with Crippen molar-refractivity contribution in [1.82, 2.24) is 24.5 Å². The van der Waals surface area contributed by atoms with Crippen LogP contribution in [0.5, 0.6) is 0 Å². The van der Waals surface area contributed by atoms with Crippen molar-refractivity contribution in [2.45, 2.75) is 25.3 Å². The van der Waals surface area contributed by atoms with Crippen molar-refractivity contribution in [3.63, 3.8) is 0 Å². The zero-order valence-corrected chi connectivity index (χ0v) is 14.0. The molecule has 1 atom stereocenters. The van der Waals surface area contributed by atoms with Gasteiger partial charge in [-0.1, -0.05) is 6.07 Å². The van der Waals surface area contributed by atoms with Crippen LogP contribution < -0.4 is 10.6 Å². The summed E-state index contributed by atoms with van der Waals surface area (Å²) in [5, 5.41) is 0. The van der Waals surface area contributed by atoms with Gasteiger partial charge in [-0.15, -0.1) is 0 Å². The average Bonchev–Trinajstić information content (AvgIpc) is 3.11. The molecule has 3 aromatic rings. The molecule has 1 aliphatic heterocycles. The highest BCUT2D eigenvalue weighted by Gasteiger charge is 2.25. The largest absolute Gasteiger partial charge is 0.384 e. The topological polar surface area (TPSA) is 85.8 Å².